The molecule has 0 radical (unpaired) electrons. The van der Waals surface area contributed by atoms with E-state index >= 15 is 8.78 Å². The highest BCUT2D eigenvalue weighted by Crippen LogP contribution is 2.33. The summed E-state index contributed by atoms with van der Waals surface area (Å²) < 4.78 is 37.9. The van der Waals surface area contributed by atoms with Crippen LogP contribution in [0.5, 0.6) is 0 Å². The molecule has 2 fully saturated rings. The minimum absolute atomic E-state index is 0.00233. The van der Waals surface area contributed by atoms with Gasteiger partial charge in [-0.15, -0.1) is 0 Å². The molecular formula is C32H36F2N6O2. The number of hydrogen-bond donors (Lipinski definition) is 0. The van der Waals surface area contributed by atoms with Gasteiger partial charge in [-0.05, 0) is 43.5 Å². The number of fused-ring (bicyclic) bond motifs is 1. The Labute approximate surface area is 244 Å². The Morgan fingerprint density at radius 3 is 2.45 bits per heavy atom. The number of likely N-dealkylation sites (tertiary alicyclic amines) is 1. The van der Waals surface area contributed by atoms with Crippen LogP contribution in [0.25, 0.3) is 33.4 Å². The summed E-state index contributed by atoms with van der Waals surface area (Å²) in [5.74, 6) is -0.955. The first-order chi connectivity index (χ1) is 20.3. The second-order valence-corrected chi connectivity index (χ2v) is 11.6. The number of ether oxygens (including phenoxy) is 1. The number of benzene rings is 2. The molecule has 0 saturated carbocycles. The fourth-order valence-corrected chi connectivity index (χ4v) is 5.92. The van der Waals surface area contributed by atoms with Gasteiger partial charge in [-0.1, -0.05) is 26.0 Å². The normalized spacial score (nSPS) is 17.0. The molecule has 0 spiro atoms. The van der Waals surface area contributed by atoms with Gasteiger partial charge in [0.1, 0.15) is 11.6 Å². The number of carbonyl (C=O) groups is 1. The number of morpholine rings is 1. The van der Waals surface area contributed by atoms with E-state index in [1.807, 2.05) is 59.6 Å². The van der Waals surface area contributed by atoms with Crippen LogP contribution in [0.1, 0.15) is 44.0 Å². The Kier molecular flexibility index (Phi) is 8.00. The van der Waals surface area contributed by atoms with Crippen LogP contribution in [0, 0.1) is 24.5 Å². The van der Waals surface area contributed by atoms with Crippen molar-refractivity contribution in [1.82, 2.24) is 29.5 Å². The third kappa shape index (κ3) is 5.65. The van der Waals surface area contributed by atoms with Crippen LogP contribution in [0.3, 0.4) is 0 Å². The molecule has 8 nitrogen and oxygen atoms in total. The van der Waals surface area contributed by atoms with Gasteiger partial charge in [0.2, 0.25) is 5.91 Å². The van der Waals surface area contributed by atoms with E-state index in [0.717, 1.165) is 24.1 Å². The van der Waals surface area contributed by atoms with Gasteiger partial charge in [0.05, 0.1) is 47.9 Å². The lowest BCUT2D eigenvalue weighted by Gasteiger charge is -2.33. The Balaban J connectivity index is 1.28. The van der Waals surface area contributed by atoms with E-state index in [9.17, 15) is 4.79 Å². The number of para-hydroxylation sites is 1. The molecule has 4 aromatic rings. The number of carbonyl (C=O) groups excluding carboxylic acids is 1. The minimum atomic E-state index is -0.573. The first kappa shape index (κ1) is 28.4. The van der Waals surface area contributed by atoms with E-state index in [1.165, 1.54) is 12.1 Å². The molecule has 0 bridgehead atoms. The Bertz CT molecular complexity index is 1580. The topological polar surface area (TPSA) is 76.4 Å². The van der Waals surface area contributed by atoms with Crippen molar-refractivity contribution >= 4 is 16.9 Å². The lowest BCUT2D eigenvalue weighted by molar-refractivity contribution is -0.135. The van der Waals surface area contributed by atoms with E-state index in [-0.39, 0.29) is 30.0 Å². The zero-order valence-electron chi connectivity index (χ0n) is 24.3. The second-order valence-electron chi connectivity index (χ2n) is 11.6. The third-order valence-electron chi connectivity index (χ3n) is 8.35. The summed E-state index contributed by atoms with van der Waals surface area (Å²) in [4.78, 5) is 25.9. The van der Waals surface area contributed by atoms with E-state index in [4.69, 9.17) is 14.8 Å². The minimum Gasteiger partial charge on any atom is -0.379 e. The third-order valence-corrected chi connectivity index (χ3v) is 8.35. The van der Waals surface area contributed by atoms with E-state index in [0.29, 0.717) is 67.2 Å². The standard InChI is InChI=1S/C32H36F2N6O2/c1-20(2)32(41)39-9-7-23(8-10-39)40-19-25(21(3)37-40)30-17-35-29-6-4-5-24(31(29)36-30)22-15-27(33)26(28(34)16-22)18-38-11-13-42-14-12-38/h4-6,15-17,19-20,23H,7-14,18H2,1-3H3. The molecule has 2 saturated heterocycles. The average Bonchev–Trinajstić information content (AvgIpc) is 3.40. The summed E-state index contributed by atoms with van der Waals surface area (Å²) in [6.07, 6.45) is 5.39. The number of aryl methyl sites for hydroxylation is 1. The van der Waals surface area contributed by atoms with Gasteiger partial charge in [-0.3, -0.25) is 19.4 Å². The number of hydrogen-bond acceptors (Lipinski definition) is 6. The molecule has 2 aliphatic rings. The van der Waals surface area contributed by atoms with Crippen molar-refractivity contribution in [2.75, 3.05) is 39.4 Å². The lowest BCUT2D eigenvalue weighted by atomic mass is 10.0. The highest BCUT2D eigenvalue weighted by molar-refractivity contribution is 5.92. The van der Waals surface area contributed by atoms with Gasteiger partial charge in [0, 0.05) is 61.5 Å². The van der Waals surface area contributed by atoms with Crippen LogP contribution in [0.4, 0.5) is 8.78 Å². The molecule has 2 aliphatic heterocycles. The monoisotopic (exact) mass is 574 g/mol. The Morgan fingerprint density at radius 1 is 1.05 bits per heavy atom. The number of nitrogens with zero attached hydrogens (tertiary/aromatic N) is 6. The number of amides is 1. The van der Waals surface area contributed by atoms with Gasteiger partial charge < -0.3 is 9.64 Å². The van der Waals surface area contributed by atoms with Gasteiger partial charge in [0.25, 0.3) is 0 Å². The summed E-state index contributed by atoms with van der Waals surface area (Å²) in [5, 5.41) is 4.79. The maximum absolute atomic E-state index is 15.3. The van der Waals surface area contributed by atoms with Crippen LogP contribution in [-0.4, -0.2) is 74.8 Å². The number of rotatable bonds is 6. The van der Waals surface area contributed by atoms with Crippen LogP contribution in [-0.2, 0) is 16.1 Å². The highest BCUT2D eigenvalue weighted by Gasteiger charge is 2.26. The highest BCUT2D eigenvalue weighted by atomic mass is 19.1. The molecule has 4 heterocycles. The lowest BCUT2D eigenvalue weighted by Crippen LogP contribution is -2.41. The molecule has 2 aromatic carbocycles. The van der Waals surface area contributed by atoms with Crippen molar-refractivity contribution in [3.8, 4) is 22.4 Å². The molecule has 0 unspecified atom stereocenters. The van der Waals surface area contributed by atoms with Gasteiger partial charge in [-0.2, -0.15) is 5.10 Å². The van der Waals surface area contributed by atoms with Crippen molar-refractivity contribution < 1.29 is 18.3 Å². The summed E-state index contributed by atoms with van der Waals surface area (Å²) in [7, 11) is 0. The number of halogens is 2. The largest absolute Gasteiger partial charge is 0.379 e. The maximum Gasteiger partial charge on any atom is 0.225 e. The van der Waals surface area contributed by atoms with Crippen molar-refractivity contribution in [2.45, 2.75) is 46.2 Å². The van der Waals surface area contributed by atoms with Crippen LogP contribution in [0.15, 0.2) is 42.7 Å². The van der Waals surface area contributed by atoms with E-state index < -0.39 is 11.6 Å². The summed E-state index contributed by atoms with van der Waals surface area (Å²) >= 11 is 0. The molecule has 6 rings (SSSR count). The fraction of sp³-hybridized carbons (Fsp3) is 0.438. The smallest absolute Gasteiger partial charge is 0.225 e. The predicted molar refractivity (Wildman–Crippen MR) is 157 cm³/mol. The van der Waals surface area contributed by atoms with Crippen LogP contribution in [0.2, 0.25) is 0 Å². The first-order valence-electron chi connectivity index (χ1n) is 14.7. The van der Waals surface area contributed by atoms with E-state index in [2.05, 4.69) is 4.98 Å². The molecular weight excluding hydrogens is 538 g/mol. The van der Waals surface area contributed by atoms with Crippen molar-refractivity contribution in [2.24, 2.45) is 5.92 Å². The van der Waals surface area contributed by atoms with E-state index in [1.54, 1.807) is 6.20 Å². The molecule has 10 heteroatoms. The SMILES string of the molecule is Cc1nn(C2CCN(C(=O)C(C)C)CC2)cc1-c1cnc2cccc(-c3cc(F)c(CN4CCOCC4)c(F)c3)c2n1. The zero-order chi connectivity index (χ0) is 29.4. The second kappa shape index (κ2) is 11.9. The Morgan fingerprint density at radius 2 is 1.76 bits per heavy atom. The molecule has 2 aromatic heterocycles. The molecule has 42 heavy (non-hydrogen) atoms. The fourth-order valence-electron chi connectivity index (χ4n) is 5.92. The number of aromatic nitrogens is 4. The Hall–Kier alpha value is -3.76. The first-order valence-corrected chi connectivity index (χ1v) is 14.7. The van der Waals surface area contributed by atoms with Gasteiger partial charge >= 0.3 is 0 Å². The molecule has 0 N–H and O–H groups in total. The summed E-state index contributed by atoms with van der Waals surface area (Å²) in [5.41, 5.74) is 4.65. The summed E-state index contributed by atoms with van der Waals surface area (Å²) in [6.45, 7) is 9.87. The van der Waals surface area contributed by atoms with Crippen molar-refractivity contribution in [3.05, 3.63) is 65.6 Å². The number of piperidine rings is 1. The molecule has 1 amide bonds. The van der Waals surface area contributed by atoms with Crippen LogP contribution < -0.4 is 0 Å². The van der Waals surface area contributed by atoms with Crippen molar-refractivity contribution in [3.63, 3.8) is 0 Å². The molecule has 0 aliphatic carbocycles. The van der Waals surface area contributed by atoms with Crippen molar-refractivity contribution in [1.29, 1.82) is 0 Å². The summed E-state index contributed by atoms with van der Waals surface area (Å²) in [6, 6.07) is 8.46. The van der Waals surface area contributed by atoms with Gasteiger partial charge in [-0.25, -0.2) is 13.8 Å². The predicted octanol–water partition coefficient (Wildman–Crippen LogP) is 5.40. The van der Waals surface area contributed by atoms with Crippen LogP contribution >= 0.6 is 0 Å². The molecule has 220 valence electrons. The van der Waals surface area contributed by atoms with Gasteiger partial charge in [0.15, 0.2) is 0 Å². The maximum atomic E-state index is 15.3. The molecule has 0 atom stereocenters. The zero-order valence-corrected chi connectivity index (χ0v) is 24.3. The quantitative estimate of drug-likeness (QED) is 0.307. The average molecular weight is 575 g/mol.